The molecule has 0 unspecified atom stereocenters. The lowest BCUT2D eigenvalue weighted by Crippen LogP contribution is -2.49. The summed E-state index contributed by atoms with van der Waals surface area (Å²) in [5.74, 6) is 0. The molecule has 2 aliphatic heterocycles. The molecule has 0 bridgehead atoms. The molecule has 2 atom stereocenters. The van der Waals surface area contributed by atoms with Crippen molar-refractivity contribution in [2.24, 2.45) is 0 Å². The topological polar surface area (TPSA) is 89.9 Å². The fraction of sp³-hybridized carbons (Fsp3) is 0.533. The summed E-state index contributed by atoms with van der Waals surface area (Å²) >= 11 is 0. The standard InChI is InChI=1S/C15H21N3O4S/c1-17-10-13(19)15(23(17,21)22)7-8-18(11-15)14(20)16-9-12-5-3-2-4-6-12/h2-6,13,19H,7-11H2,1H3,(H,16,20)/t13-,15+/m0/s1. The summed E-state index contributed by atoms with van der Waals surface area (Å²) in [4.78, 5) is 13.8. The number of urea groups is 1. The van der Waals surface area contributed by atoms with Crippen molar-refractivity contribution in [1.29, 1.82) is 0 Å². The lowest BCUT2D eigenvalue weighted by atomic mass is 10.0. The first kappa shape index (κ1) is 16.2. The van der Waals surface area contributed by atoms with Gasteiger partial charge in [-0.25, -0.2) is 17.5 Å². The highest BCUT2D eigenvalue weighted by Crippen LogP contribution is 2.40. The van der Waals surface area contributed by atoms with Gasteiger partial charge < -0.3 is 15.3 Å². The molecule has 2 amide bonds. The maximum atomic E-state index is 12.5. The van der Waals surface area contributed by atoms with Gasteiger partial charge >= 0.3 is 6.03 Å². The van der Waals surface area contributed by atoms with Gasteiger partial charge in [0.05, 0.1) is 6.10 Å². The van der Waals surface area contributed by atoms with Gasteiger partial charge in [-0.1, -0.05) is 30.3 Å². The number of hydrogen-bond acceptors (Lipinski definition) is 4. The van der Waals surface area contributed by atoms with Crippen LogP contribution in [-0.4, -0.2) is 66.3 Å². The van der Waals surface area contributed by atoms with Crippen LogP contribution in [0, 0.1) is 0 Å². The van der Waals surface area contributed by atoms with Gasteiger partial charge in [0, 0.05) is 33.2 Å². The molecule has 1 aromatic rings. The van der Waals surface area contributed by atoms with Gasteiger partial charge in [-0.3, -0.25) is 0 Å². The summed E-state index contributed by atoms with van der Waals surface area (Å²) in [7, 11) is -2.12. The quantitative estimate of drug-likeness (QED) is 0.792. The summed E-state index contributed by atoms with van der Waals surface area (Å²) in [6.07, 6.45) is -0.705. The van der Waals surface area contributed by atoms with Crippen molar-refractivity contribution >= 4 is 16.1 Å². The largest absolute Gasteiger partial charge is 0.390 e. The Bertz CT molecular complexity index is 694. The number of amides is 2. The molecule has 2 aliphatic rings. The third-order valence-electron chi connectivity index (χ3n) is 4.80. The monoisotopic (exact) mass is 339 g/mol. The second-order valence-corrected chi connectivity index (χ2v) is 8.57. The van der Waals surface area contributed by atoms with E-state index in [1.165, 1.54) is 16.3 Å². The van der Waals surface area contributed by atoms with Crippen LogP contribution in [0.4, 0.5) is 4.79 Å². The number of hydrogen-bond donors (Lipinski definition) is 2. The number of carbonyl (C=O) groups is 1. The van der Waals surface area contributed by atoms with Crippen LogP contribution < -0.4 is 5.32 Å². The first-order valence-electron chi connectivity index (χ1n) is 7.57. The number of nitrogens with one attached hydrogen (secondary N) is 1. The van der Waals surface area contributed by atoms with E-state index in [2.05, 4.69) is 5.32 Å². The number of likely N-dealkylation sites (tertiary alicyclic amines) is 1. The lowest BCUT2D eigenvalue weighted by molar-refractivity contribution is 0.132. The first-order chi connectivity index (χ1) is 10.9. The number of rotatable bonds is 2. The third-order valence-corrected chi connectivity index (χ3v) is 7.40. The van der Waals surface area contributed by atoms with Crippen LogP contribution in [0.25, 0.3) is 0 Å². The molecule has 1 aromatic carbocycles. The summed E-state index contributed by atoms with van der Waals surface area (Å²) in [6.45, 7) is 0.826. The van der Waals surface area contributed by atoms with E-state index in [0.29, 0.717) is 13.1 Å². The average molecular weight is 339 g/mol. The summed E-state index contributed by atoms with van der Waals surface area (Å²) < 4.78 is 24.9. The minimum absolute atomic E-state index is 0.0292. The van der Waals surface area contributed by atoms with Gasteiger partial charge in [-0.2, -0.15) is 0 Å². The van der Waals surface area contributed by atoms with Gasteiger partial charge in [0.25, 0.3) is 0 Å². The van der Waals surface area contributed by atoms with Crippen LogP contribution in [0.15, 0.2) is 30.3 Å². The van der Waals surface area contributed by atoms with Gasteiger partial charge in [0.2, 0.25) is 10.0 Å². The molecule has 0 radical (unpaired) electrons. The molecule has 2 fully saturated rings. The van der Waals surface area contributed by atoms with Crippen molar-refractivity contribution in [3.63, 3.8) is 0 Å². The van der Waals surface area contributed by atoms with E-state index in [4.69, 9.17) is 0 Å². The first-order valence-corrected chi connectivity index (χ1v) is 9.01. The molecule has 1 spiro atoms. The molecule has 0 aromatic heterocycles. The van der Waals surface area contributed by atoms with Crippen molar-refractivity contribution in [2.75, 3.05) is 26.7 Å². The Kier molecular flexibility index (Phi) is 4.07. The molecule has 2 saturated heterocycles. The van der Waals surface area contributed by atoms with Gasteiger partial charge in [-0.15, -0.1) is 0 Å². The molecule has 0 saturated carbocycles. The number of aliphatic hydroxyl groups is 1. The van der Waals surface area contributed by atoms with Gasteiger partial charge in [-0.05, 0) is 12.0 Å². The van der Waals surface area contributed by atoms with E-state index in [1.54, 1.807) is 0 Å². The Hall–Kier alpha value is -1.64. The van der Waals surface area contributed by atoms with Crippen molar-refractivity contribution in [1.82, 2.24) is 14.5 Å². The predicted molar refractivity (Wildman–Crippen MR) is 85.2 cm³/mol. The minimum atomic E-state index is -3.59. The maximum absolute atomic E-state index is 12.5. The fourth-order valence-corrected chi connectivity index (χ4v) is 5.38. The number of β-amino-alcohol motifs (C(OH)–C–C–N with tert-alkyl or cyclic N) is 1. The van der Waals surface area contributed by atoms with E-state index >= 15 is 0 Å². The number of nitrogens with zero attached hydrogens (tertiary/aromatic N) is 2. The van der Waals surface area contributed by atoms with Crippen LogP contribution in [0.3, 0.4) is 0 Å². The Labute approximate surface area is 135 Å². The van der Waals surface area contributed by atoms with Crippen LogP contribution in [0.2, 0.25) is 0 Å². The molecule has 7 nitrogen and oxygen atoms in total. The highest BCUT2D eigenvalue weighted by molar-refractivity contribution is 7.90. The number of aliphatic hydroxyl groups excluding tert-OH is 1. The SMILES string of the molecule is CN1C[C@H](O)[C@]2(CCN(C(=O)NCc3ccccc3)C2)S1(=O)=O. The maximum Gasteiger partial charge on any atom is 0.317 e. The molecule has 23 heavy (non-hydrogen) atoms. The van der Waals surface area contributed by atoms with Crippen LogP contribution in [0.5, 0.6) is 0 Å². The van der Waals surface area contributed by atoms with Crippen LogP contribution in [-0.2, 0) is 16.6 Å². The molecule has 2 heterocycles. The van der Waals surface area contributed by atoms with E-state index in [9.17, 15) is 18.3 Å². The zero-order chi connectivity index (χ0) is 16.7. The van der Waals surface area contributed by atoms with Crippen molar-refractivity contribution in [3.05, 3.63) is 35.9 Å². The normalized spacial score (nSPS) is 30.0. The van der Waals surface area contributed by atoms with Gasteiger partial charge in [0.1, 0.15) is 4.75 Å². The van der Waals surface area contributed by atoms with Crippen molar-refractivity contribution in [3.8, 4) is 0 Å². The second kappa shape index (κ2) is 5.77. The number of likely N-dealkylation sites (N-methyl/N-ethyl adjacent to an activating group) is 1. The van der Waals surface area contributed by atoms with Crippen LogP contribution in [0.1, 0.15) is 12.0 Å². The second-order valence-electron chi connectivity index (χ2n) is 6.18. The molecule has 8 heteroatoms. The zero-order valence-corrected chi connectivity index (χ0v) is 13.8. The van der Waals surface area contributed by atoms with Crippen LogP contribution >= 0.6 is 0 Å². The van der Waals surface area contributed by atoms with Crippen molar-refractivity contribution in [2.45, 2.75) is 23.8 Å². The van der Waals surface area contributed by atoms with Crippen molar-refractivity contribution < 1.29 is 18.3 Å². The molecule has 3 rings (SSSR count). The molecule has 126 valence electrons. The minimum Gasteiger partial charge on any atom is -0.390 e. The molecular formula is C15H21N3O4S. The average Bonchev–Trinajstić information content (AvgIpc) is 3.06. The zero-order valence-electron chi connectivity index (χ0n) is 13.0. The summed E-state index contributed by atoms with van der Waals surface area (Å²) in [6, 6.07) is 9.20. The van der Waals surface area contributed by atoms with E-state index in [-0.39, 0.29) is 25.5 Å². The van der Waals surface area contributed by atoms with E-state index < -0.39 is 20.9 Å². The Morgan fingerprint density at radius 1 is 1.39 bits per heavy atom. The van der Waals surface area contributed by atoms with E-state index in [0.717, 1.165) is 5.56 Å². The third kappa shape index (κ3) is 2.60. The Morgan fingerprint density at radius 2 is 2.09 bits per heavy atom. The predicted octanol–water partition coefficient (Wildman–Crippen LogP) is -0.0232. The smallest absolute Gasteiger partial charge is 0.317 e. The fourth-order valence-electron chi connectivity index (χ4n) is 3.34. The van der Waals surface area contributed by atoms with Gasteiger partial charge in [0.15, 0.2) is 0 Å². The molecule has 0 aliphatic carbocycles. The summed E-state index contributed by atoms with van der Waals surface area (Å²) in [5.41, 5.74) is 0.975. The molecule has 2 N–H and O–H groups in total. The molecular weight excluding hydrogens is 318 g/mol. The highest BCUT2D eigenvalue weighted by Gasteiger charge is 2.61. The summed E-state index contributed by atoms with van der Waals surface area (Å²) in [5, 5.41) is 13.0. The Balaban J connectivity index is 1.67. The Morgan fingerprint density at radius 3 is 2.70 bits per heavy atom. The number of benzene rings is 1. The highest BCUT2D eigenvalue weighted by atomic mass is 32.2. The lowest BCUT2D eigenvalue weighted by Gasteiger charge is -2.26. The number of sulfonamides is 1. The van der Waals surface area contributed by atoms with E-state index in [1.807, 2.05) is 30.3 Å². The number of carbonyl (C=O) groups excluding carboxylic acids is 1.